The summed E-state index contributed by atoms with van der Waals surface area (Å²) in [4.78, 5) is 0. The van der Waals surface area contributed by atoms with Gasteiger partial charge >= 0.3 is 0 Å². The molecule has 78 valence electrons. The lowest BCUT2D eigenvalue weighted by molar-refractivity contribution is 0.624. The van der Waals surface area contributed by atoms with E-state index in [1.165, 1.54) is 5.56 Å². The summed E-state index contributed by atoms with van der Waals surface area (Å²) in [6.07, 6.45) is 3.15. The molecule has 0 unspecified atom stereocenters. The molecule has 1 aromatic rings. The topological polar surface area (TPSA) is 26.0 Å². The molecular weight excluding hydrogens is 217 g/mol. The van der Waals surface area contributed by atoms with Crippen molar-refractivity contribution in [2.45, 2.75) is 32.2 Å². The minimum absolute atomic E-state index is 0.276. The predicted octanol–water partition coefficient (Wildman–Crippen LogP) is 3.66. The van der Waals surface area contributed by atoms with Crippen LogP contribution in [-0.2, 0) is 6.42 Å². The van der Waals surface area contributed by atoms with E-state index in [-0.39, 0.29) is 6.04 Å². The Morgan fingerprint density at radius 3 is 2.57 bits per heavy atom. The van der Waals surface area contributed by atoms with Crippen LogP contribution in [0.5, 0.6) is 0 Å². The van der Waals surface area contributed by atoms with Crippen LogP contribution in [0.15, 0.2) is 18.2 Å². The van der Waals surface area contributed by atoms with Crippen molar-refractivity contribution in [2.75, 3.05) is 0 Å². The second-order valence-corrected chi connectivity index (χ2v) is 4.43. The summed E-state index contributed by atoms with van der Waals surface area (Å²) >= 11 is 11.7. The van der Waals surface area contributed by atoms with E-state index in [4.69, 9.17) is 28.9 Å². The zero-order valence-corrected chi connectivity index (χ0v) is 9.78. The van der Waals surface area contributed by atoms with E-state index in [0.29, 0.717) is 10.0 Å². The lowest BCUT2D eigenvalue weighted by Crippen LogP contribution is -2.14. The van der Waals surface area contributed by atoms with Gasteiger partial charge in [-0.3, -0.25) is 0 Å². The first-order valence-electron chi connectivity index (χ1n) is 4.79. The van der Waals surface area contributed by atoms with Crippen molar-refractivity contribution in [3.05, 3.63) is 33.8 Å². The predicted molar refractivity (Wildman–Crippen MR) is 63.0 cm³/mol. The summed E-state index contributed by atoms with van der Waals surface area (Å²) in [5.74, 6) is 0. The third-order valence-electron chi connectivity index (χ3n) is 2.11. The summed E-state index contributed by atoms with van der Waals surface area (Å²) in [5, 5.41) is 1.24. The summed E-state index contributed by atoms with van der Waals surface area (Å²) in [5.41, 5.74) is 6.89. The fourth-order valence-corrected chi connectivity index (χ4v) is 1.64. The molecule has 1 nitrogen and oxygen atoms in total. The minimum atomic E-state index is 0.276. The number of aryl methyl sites for hydroxylation is 1. The van der Waals surface area contributed by atoms with Crippen LogP contribution in [-0.4, -0.2) is 6.04 Å². The van der Waals surface area contributed by atoms with E-state index in [1.807, 2.05) is 25.1 Å². The summed E-state index contributed by atoms with van der Waals surface area (Å²) in [6.45, 7) is 2.02. The normalized spacial score (nSPS) is 12.9. The summed E-state index contributed by atoms with van der Waals surface area (Å²) in [6, 6.07) is 6.05. The molecular formula is C11H15Cl2N. The van der Waals surface area contributed by atoms with Crippen LogP contribution in [0.1, 0.15) is 25.3 Å². The van der Waals surface area contributed by atoms with E-state index in [9.17, 15) is 0 Å². The molecule has 0 spiro atoms. The van der Waals surface area contributed by atoms with Crippen LogP contribution >= 0.6 is 23.2 Å². The number of rotatable bonds is 4. The van der Waals surface area contributed by atoms with Crippen LogP contribution in [0.25, 0.3) is 0 Å². The first-order valence-corrected chi connectivity index (χ1v) is 5.54. The maximum absolute atomic E-state index is 5.90. The number of hydrogen-bond donors (Lipinski definition) is 1. The van der Waals surface area contributed by atoms with Gasteiger partial charge in [0.25, 0.3) is 0 Å². The molecule has 2 N–H and O–H groups in total. The highest BCUT2D eigenvalue weighted by molar-refractivity contribution is 6.42. The van der Waals surface area contributed by atoms with Gasteiger partial charge in [0.2, 0.25) is 0 Å². The molecule has 0 aliphatic heterocycles. The number of hydrogen-bond acceptors (Lipinski definition) is 1. The third kappa shape index (κ3) is 3.87. The number of nitrogens with two attached hydrogens (primary N) is 1. The molecule has 0 aliphatic rings. The van der Waals surface area contributed by atoms with Crippen LogP contribution < -0.4 is 5.73 Å². The number of benzene rings is 1. The molecule has 0 saturated heterocycles. The lowest BCUT2D eigenvalue weighted by Gasteiger charge is -2.05. The molecule has 1 atom stereocenters. The lowest BCUT2D eigenvalue weighted by atomic mass is 10.1. The summed E-state index contributed by atoms with van der Waals surface area (Å²) < 4.78 is 0. The van der Waals surface area contributed by atoms with Gasteiger partial charge in [-0.1, -0.05) is 29.3 Å². The maximum Gasteiger partial charge on any atom is 0.0595 e. The van der Waals surface area contributed by atoms with Crippen LogP contribution in [0.2, 0.25) is 10.0 Å². The standard InChI is InChI=1S/C11H15Cl2N/c1-8(14)3-2-4-9-5-6-10(12)11(13)7-9/h5-8H,2-4,14H2,1H3/t8-/m0/s1. The Morgan fingerprint density at radius 1 is 1.29 bits per heavy atom. The second-order valence-electron chi connectivity index (χ2n) is 3.62. The van der Waals surface area contributed by atoms with Gasteiger partial charge in [0.05, 0.1) is 10.0 Å². The van der Waals surface area contributed by atoms with E-state index in [1.54, 1.807) is 0 Å². The Morgan fingerprint density at radius 2 is 2.00 bits per heavy atom. The number of halogens is 2. The molecule has 0 heterocycles. The van der Waals surface area contributed by atoms with Gasteiger partial charge in [0.15, 0.2) is 0 Å². The quantitative estimate of drug-likeness (QED) is 0.842. The molecule has 3 heteroatoms. The maximum atomic E-state index is 5.90. The van der Waals surface area contributed by atoms with Gasteiger partial charge in [-0.05, 0) is 43.9 Å². The van der Waals surface area contributed by atoms with Gasteiger partial charge in [-0.2, -0.15) is 0 Å². The Hall–Kier alpha value is -0.240. The summed E-state index contributed by atoms with van der Waals surface area (Å²) in [7, 11) is 0. The first-order chi connectivity index (χ1) is 6.59. The molecule has 14 heavy (non-hydrogen) atoms. The van der Waals surface area contributed by atoms with E-state index < -0.39 is 0 Å². The van der Waals surface area contributed by atoms with E-state index >= 15 is 0 Å². The van der Waals surface area contributed by atoms with Gasteiger partial charge in [0, 0.05) is 6.04 Å². The monoisotopic (exact) mass is 231 g/mol. The van der Waals surface area contributed by atoms with Crippen molar-refractivity contribution in [1.82, 2.24) is 0 Å². The molecule has 0 aliphatic carbocycles. The van der Waals surface area contributed by atoms with Crippen molar-refractivity contribution < 1.29 is 0 Å². The minimum Gasteiger partial charge on any atom is -0.328 e. The average Bonchev–Trinajstić information content (AvgIpc) is 2.10. The van der Waals surface area contributed by atoms with Gasteiger partial charge in [-0.25, -0.2) is 0 Å². The van der Waals surface area contributed by atoms with Crippen LogP contribution in [0.4, 0.5) is 0 Å². The fraction of sp³-hybridized carbons (Fsp3) is 0.455. The van der Waals surface area contributed by atoms with Crippen LogP contribution in [0, 0.1) is 0 Å². The molecule has 0 radical (unpaired) electrons. The van der Waals surface area contributed by atoms with Gasteiger partial charge in [-0.15, -0.1) is 0 Å². The van der Waals surface area contributed by atoms with Crippen molar-refractivity contribution in [3.63, 3.8) is 0 Å². The second kappa shape index (κ2) is 5.59. The zero-order valence-electron chi connectivity index (χ0n) is 8.26. The highest BCUT2D eigenvalue weighted by Gasteiger charge is 2.00. The highest BCUT2D eigenvalue weighted by Crippen LogP contribution is 2.23. The van der Waals surface area contributed by atoms with E-state index in [2.05, 4.69) is 0 Å². The van der Waals surface area contributed by atoms with Gasteiger partial charge in [0.1, 0.15) is 0 Å². The molecule has 0 amide bonds. The van der Waals surface area contributed by atoms with Crippen molar-refractivity contribution in [3.8, 4) is 0 Å². The SMILES string of the molecule is C[C@H](N)CCCc1ccc(Cl)c(Cl)c1. The molecule has 0 fully saturated rings. The van der Waals surface area contributed by atoms with Crippen molar-refractivity contribution in [2.24, 2.45) is 5.73 Å². The van der Waals surface area contributed by atoms with Crippen molar-refractivity contribution in [1.29, 1.82) is 0 Å². The average molecular weight is 232 g/mol. The van der Waals surface area contributed by atoms with Crippen LogP contribution in [0.3, 0.4) is 0 Å². The van der Waals surface area contributed by atoms with Crippen molar-refractivity contribution >= 4 is 23.2 Å². The smallest absolute Gasteiger partial charge is 0.0595 e. The first kappa shape index (κ1) is 11.8. The van der Waals surface area contributed by atoms with E-state index in [0.717, 1.165) is 19.3 Å². The van der Waals surface area contributed by atoms with Gasteiger partial charge < -0.3 is 5.73 Å². The molecule has 1 aromatic carbocycles. The fourth-order valence-electron chi connectivity index (χ4n) is 1.32. The molecule has 0 aromatic heterocycles. The Labute approximate surface area is 95.2 Å². The molecule has 1 rings (SSSR count). The Bertz CT molecular complexity index is 297. The Balaban J connectivity index is 2.47. The highest BCUT2D eigenvalue weighted by atomic mass is 35.5. The Kier molecular flexibility index (Phi) is 4.73. The molecule has 0 bridgehead atoms. The third-order valence-corrected chi connectivity index (χ3v) is 2.85. The molecule has 0 saturated carbocycles. The zero-order chi connectivity index (χ0) is 10.6. The largest absolute Gasteiger partial charge is 0.328 e.